The zero-order valence-electron chi connectivity index (χ0n) is 17.7. The van der Waals surface area contributed by atoms with E-state index in [1.165, 1.54) is 12.3 Å². The first-order valence-electron chi connectivity index (χ1n) is 10.4. The molecule has 1 amide bonds. The molecule has 7 nitrogen and oxygen atoms in total. The smallest absolute Gasteiger partial charge is 0.422 e. The summed E-state index contributed by atoms with van der Waals surface area (Å²) in [5.74, 6) is 0.520. The molecule has 10 heteroatoms. The van der Waals surface area contributed by atoms with Crippen molar-refractivity contribution in [1.82, 2.24) is 19.7 Å². The number of rotatable bonds is 6. The van der Waals surface area contributed by atoms with E-state index in [0.717, 1.165) is 11.3 Å². The van der Waals surface area contributed by atoms with Crippen molar-refractivity contribution in [2.75, 3.05) is 11.5 Å². The van der Waals surface area contributed by atoms with E-state index in [2.05, 4.69) is 15.1 Å². The molecule has 34 heavy (non-hydrogen) atoms. The van der Waals surface area contributed by atoms with Gasteiger partial charge in [0.1, 0.15) is 11.6 Å². The molecular weight excluding hydrogens is 447 g/mol. The number of alkyl halides is 3. The number of amides is 1. The average Bonchev–Trinajstić information content (AvgIpc) is 3.46. The molecule has 0 saturated carbocycles. The molecule has 5 rings (SSSR count). The SMILES string of the molecule is O=C1Cc2cnc(-c3ccccc3OCC(F)(F)F)nc2N1Cc1ccc(-n2cccn2)cc1. The number of hydrogen-bond acceptors (Lipinski definition) is 5. The monoisotopic (exact) mass is 465 g/mol. The Morgan fingerprint density at radius 1 is 1.03 bits per heavy atom. The summed E-state index contributed by atoms with van der Waals surface area (Å²) in [5.41, 5.74) is 2.76. The lowest BCUT2D eigenvalue weighted by Gasteiger charge is -2.18. The Morgan fingerprint density at radius 3 is 2.56 bits per heavy atom. The van der Waals surface area contributed by atoms with Crippen LogP contribution < -0.4 is 9.64 Å². The van der Waals surface area contributed by atoms with Gasteiger partial charge in [-0.15, -0.1) is 0 Å². The van der Waals surface area contributed by atoms with Crippen molar-refractivity contribution in [1.29, 1.82) is 0 Å². The lowest BCUT2D eigenvalue weighted by Crippen LogP contribution is -2.26. The van der Waals surface area contributed by atoms with E-state index < -0.39 is 12.8 Å². The number of hydrogen-bond donors (Lipinski definition) is 0. The molecule has 0 bridgehead atoms. The van der Waals surface area contributed by atoms with E-state index in [1.807, 2.05) is 36.5 Å². The standard InChI is InChI=1S/C24H18F3N5O2/c25-24(26,27)15-34-20-5-2-1-4-19(20)22-28-13-17-12-21(33)31(23(17)30-22)14-16-6-8-18(9-7-16)32-11-3-10-29-32/h1-11,13H,12,14-15H2. The highest BCUT2D eigenvalue weighted by molar-refractivity contribution is 6.00. The molecule has 2 aromatic carbocycles. The first-order chi connectivity index (χ1) is 16.4. The highest BCUT2D eigenvalue weighted by Gasteiger charge is 2.31. The van der Waals surface area contributed by atoms with Gasteiger partial charge in [0.15, 0.2) is 12.4 Å². The zero-order chi connectivity index (χ0) is 23.7. The van der Waals surface area contributed by atoms with E-state index in [1.54, 1.807) is 34.0 Å². The molecule has 2 aromatic heterocycles. The van der Waals surface area contributed by atoms with E-state index in [-0.39, 0.29) is 23.9 Å². The number of para-hydroxylation sites is 1. The Bertz CT molecular complexity index is 1320. The minimum Gasteiger partial charge on any atom is -0.483 e. The summed E-state index contributed by atoms with van der Waals surface area (Å²) < 4.78 is 44.7. The predicted octanol–water partition coefficient (Wildman–Crippen LogP) is 4.36. The minimum atomic E-state index is -4.47. The van der Waals surface area contributed by atoms with Crippen LogP contribution in [0.5, 0.6) is 5.75 Å². The highest BCUT2D eigenvalue weighted by atomic mass is 19.4. The number of fused-ring (bicyclic) bond motifs is 1. The fourth-order valence-electron chi connectivity index (χ4n) is 3.72. The zero-order valence-corrected chi connectivity index (χ0v) is 17.7. The number of ether oxygens (including phenoxy) is 1. The first-order valence-corrected chi connectivity index (χ1v) is 10.4. The van der Waals surface area contributed by atoms with Gasteiger partial charge < -0.3 is 4.74 Å². The Kier molecular flexibility index (Phi) is 5.48. The predicted molar refractivity (Wildman–Crippen MR) is 117 cm³/mol. The summed E-state index contributed by atoms with van der Waals surface area (Å²) in [7, 11) is 0. The molecule has 3 heterocycles. The number of carbonyl (C=O) groups is 1. The lowest BCUT2D eigenvalue weighted by atomic mass is 10.1. The molecule has 172 valence electrons. The Hall–Kier alpha value is -4.21. The normalized spacial score (nSPS) is 13.3. The topological polar surface area (TPSA) is 73.1 Å². The molecule has 1 aliphatic rings. The van der Waals surface area contributed by atoms with Gasteiger partial charge in [0.2, 0.25) is 5.91 Å². The van der Waals surface area contributed by atoms with E-state index in [0.29, 0.717) is 23.5 Å². The van der Waals surface area contributed by atoms with E-state index in [4.69, 9.17) is 4.74 Å². The van der Waals surface area contributed by atoms with Crippen molar-refractivity contribution in [2.45, 2.75) is 19.1 Å². The molecule has 0 spiro atoms. The molecule has 1 aliphatic heterocycles. The molecular formula is C24H18F3N5O2. The maximum Gasteiger partial charge on any atom is 0.422 e. The van der Waals surface area contributed by atoms with Crippen molar-refractivity contribution < 1.29 is 22.7 Å². The number of carbonyl (C=O) groups excluding carboxylic acids is 1. The summed E-state index contributed by atoms with van der Waals surface area (Å²) in [5, 5.41) is 4.20. The Labute approximate surface area is 192 Å². The molecule has 4 aromatic rings. The van der Waals surface area contributed by atoms with Gasteiger partial charge in [-0.1, -0.05) is 24.3 Å². The van der Waals surface area contributed by atoms with Crippen molar-refractivity contribution in [3.05, 3.63) is 84.3 Å². The van der Waals surface area contributed by atoms with Gasteiger partial charge in [-0.25, -0.2) is 14.6 Å². The van der Waals surface area contributed by atoms with Gasteiger partial charge in [0.05, 0.1) is 24.2 Å². The number of halogens is 3. The molecule has 0 atom stereocenters. The van der Waals surface area contributed by atoms with Crippen molar-refractivity contribution in [3.8, 4) is 22.8 Å². The van der Waals surface area contributed by atoms with Gasteiger partial charge in [0.25, 0.3) is 0 Å². The molecule has 0 fully saturated rings. The fourth-order valence-corrected chi connectivity index (χ4v) is 3.72. The van der Waals surface area contributed by atoms with Crippen LogP contribution in [0.3, 0.4) is 0 Å². The largest absolute Gasteiger partial charge is 0.483 e. The van der Waals surface area contributed by atoms with Gasteiger partial charge >= 0.3 is 6.18 Å². The third-order valence-corrected chi connectivity index (χ3v) is 5.31. The molecule has 0 radical (unpaired) electrons. The third kappa shape index (κ3) is 4.47. The van der Waals surface area contributed by atoms with Crippen LogP contribution in [0.2, 0.25) is 0 Å². The summed E-state index contributed by atoms with van der Waals surface area (Å²) in [4.78, 5) is 23.1. The average molecular weight is 465 g/mol. The summed E-state index contributed by atoms with van der Waals surface area (Å²) in [6.45, 7) is -1.12. The maximum absolute atomic E-state index is 12.7. The first kappa shape index (κ1) is 21.6. The van der Waals surface area contributed by atoms with Crippen LogP contribution in [0.15, 0.2) is 73.2 Å². The van der Waals surface area contributed by atoms with Crippen molar-refractivity contribution in [2.24, 2.45) is 0 Å². The molecule has 0 N–H and O–H groups in total. The van der Waals surface area contributed by atoms with Crippen LogP contribution in [-0.2, 0) is 17.8 Å². The number of nitrogens with zero attached hydrogens (tertiary/aromatic N) is 5. The Balaban J connectivity index is 1.41. The lowest BCUT2D eigenvalue weighted by molar-refractivity contribution is -0.153. The summed E-state index contributed by atoms with van der Waals surface area (Å²) in [6.07, 6.45) is 0.757. The quantitative estimate of drug-likeness (QED) is 0.423. The molecule has 0 unspecified atom stereocenters. The van der Waals surface area contributed by atoms with Crippen LogP contribution in [0.4, 0.5) is 19.0 Å². The number of benzene rings is 2. The van der Waals surface area contributed by atoms with Gasteiger partial charge in [-0.05, 0) is 35.9 Å². The van der Waals surface area contributed by atoms with Gasteiger partial charge in [-0.3, -0.25) is 9.69 Å². The Morgan fingerprint density at radius 2 is 1.82 bits per heavy atom. The van der Waals surface area contributed by atoms with Crippen LogP contribution in [0, 0.1) is 0 Å². The fraction of sp³-hybridized carbons (Fsp3) is 0.167. The summed E-state index contributed by atoms with van der Waals surface area (Å²) in [6, 6.07) is 15.7. The van der Waals surface area contributed by atoms with Crippen LogP contribution >= 0.6 is 0 Å². The van der Waals surface area contributed by atoms with Crippen molar-refractivity contribution in [3.63, 3.8) is 0 Å². The van der Waals surface area contributed by atoms with Gasteiger partial charge in [-0.2, -0.15) is 18.3 Å². The van der Waals surface area contributed by atoms with Crippen molar-refractivity contribution >= 4 is 11.7 Å². The highest BCUT2D eigenvalue weighted by Crippen LogP contribution is 2.33. The second-order valence-electron chi connectivity index (χ2n) is 7.72. The molecule has 0 saturated heterocycles. The second-order valence-corrected chi connectivity index (χ2v) is 7.72. The number of anilines is 1. The van der Waals surface area contributed by atoms with Crippen LogP contribution in [0.1, 0.15) is 11.1 Å². The number of aromatic nitrogens is 4. The van der Waals surface area contributed by atoms with E-state index >= 15 is 0 Å². The maximum atomic E-state index is 12.7. The summed E-state index contributed by atoms with van der Waals surface area (Å²) >= 11 is 0. The second kappa shape index (κ2) is 8.62. The minimum absolute atomic E-state index is 0.0184. The van der Waals surface area contributed by atoms with Gasteiger partial charge in [0, 0.05) is 24.2 Å². The third-order valence-electron chi connectivity index (χ3n) is 5.31. The van der Waals surface area contributed by atoms with Crippen LogP contribution in [0.25, 0.3) is 17.1 Å². The van der Waals surface area contributed by atoms with Crippen LogP contribution in [-0.4, -0.2) is 38.4 Å². The molecule has 0 aliphatic carbocycles. The van der Waals surface area contributed by atoms with E-state index in [9.17, 15) is 18.0 Å².